The highest BCUT2D eigenvalue weighted by Crippen LogP contribution is 2.12. The topological polar surface area (TPSA) is 63.3 Å². The Morgan fingerprint density at radius 1 is 1.50 bits per heavy atom. The Balaban J connectivity index is 2.43. The van der Waals surface area contributed by atoms with Crippen LogP contribution < -0.4 is 0 Å². The maximum atomic E-state index is 8.69. The molecule has 0 unspecified atom stereocenters. The molecule has 0 aromatic carbocycles. The van der Waals surface area contributed by atoms with Gasteiger partial charge in [-0.25, -0.2) is 0 Å². The predicted molar refractivity (Wildman–Crippen MR) is 42.2 cm³/mol. The molecular weight excluding hydrogens is 156 g/mol. The van der Waals surface area contributed by atoms with E-state index in [1.54, 1.807) is 6.33 Å². The molecule has 0 fully saturated rings. The van der Waals surface area contributed by atoms with Crippen molar-refractivity contribution in [3.63, 3.8) is 0 Å². The second-order valence-electron chi connectivity index (χ2n) is 2.85. The molecule has 0 amide bonds. The highest BCUT2D eigenvalue weighted by atomic mass is 16.4. The van der Waals surface area contributed by atoms with Gasteiger partial charge in [0, 0.05) is 6.54 Å². The summed E-state index contributed by atoms with van der Waals surface area (Å²) >= 11 is 0. The van der Waals surface area contributed by atoms with Crippen molar-refractivity contribution in [1.82, 2.24) is 14.8 Å². The molecule has 1 aliphatic rings. The third-order valence-electron chi connectivity index (χ3n) is 2.06. The molecule has 0 spiro atoms. The van der Waals surface area contributed by atoms with E-state index in [2.05, 4.69) is 15.4 Å². The van der Waals surface area contributed by atoms with Gasteiger partial charge in [0.2, 0.25) is 0 Å². The predicted octanol–water partition coefficient (Wildman–Crippen LogP) is 0.640. The van der Waals surface area contributed by atoms with E-state index in [0.717, 1.165) is 25.8 Å². The van der Waals surface area contributed by atoms with Crippen molar-refractivity contribution in [2.24, 2.45) is 5.16 Å². The minimum atomic E-state index is 0.644. The van der Waals surface area contributed by atoms with Crippen LogP contribution in [0.4, 0.5) is 0 Å². The summed E-state index contributed by atoms with van der Waals surface area (Å²) < 4.78 is 1.92. The van der Waals surface area contributed by atoms with Crippen LogP contribution in [-0.2, 0) is 6.54 Å². The Morgan fingerprint density at radius 2 is 2.42 bits per heavy atom. The molecule has 1 aromatic rings. The van der Waals surface area contributed by atoms with Crippen molar-refractivity contribution in [2.75, 3.05) is 0 Å². The molecule has 5 nitrogen and oxygen atoms in total. The molecule has 2 rings (SSSR count). The van der Waals surface area contributed by atoms with E-state index in [0.29, 0.717) is 11.5 Å². The number of aromatic nitrogens is 3. The maximum absolute atomic E-state index is 8.69. The SMILES string of the molecule is O/N=C1/CCCCn2cnnc21. The monoisotopic (exact) mass is 166 g/mol. The van der Waals surface area contributed by atoms with E-state index >= 15 is 0 Å². The summed E-state index contributed by atoms with van der Waals surface area (Å²) in [4.78, 5) is 0. The van der Waals surface area contributed by atoms with Gasteiger partial charge in [0.15, 0.2) is 5.82 Å². The Bertz CT molecular complexity index is 304. The summed E-state index contributed by atoms with van der Waals surface area (Å²) in [5, 5.41) is 19.6. The molecule has 0 radical (unpaired) electrons. The number of hydrogen-bond donors (Lipinski definition) is 1. The lowest BCUT2D eigenvalue weighted by molar-refractivity contribution is 0.317. The lowest BCUT2D eigenvalue weighted by atomic mass is 10.2. The molecular formula is C7H10N4O. The van der Waals surface area contributed by atoms with E-state index in [1.807, 2.05) is 4.57 Å². The van der Waals surface area contributed by atoms with Crippen LogP contribution in [0.25, 0.3) is 0 Å². The van der Waals surface area contributed by atoms with Crippen LogP contribution in [0.2, 0.25) is 0 Å². The lowest BCUT2D eigenvalue weighted by Crippen LogP contribution is -2.07. The van der Waals surface area contributed by atoms with Crippen LogP contribution in [-0.4, -0.2) is 25.7 Å². The van der Waals surface area contributed by atoms with Crippen LogP contribution in [0.3, 0.4) is 0 Å². The Morgan fingerprint density at radius 3 is 3.25 bits per heavy atom. The first kappa shape index (κ1) is 7.27. The van der Waals surface area contributed by atoms with Crippen LogP contribution in [0.15, 0.2) is 11.5 Å². The molecule has 0 bridgehead atoms. The zero-order chi connectivity index (χ0) is 8.39. The van der Waals surface area contributed by atoms with Gasteiger partial charge in [-0.3, -0.25) is 0 Å². The lowest BCUT2D eigenvalue weighted by Gasteiger charge is -1.98. The molecule has 2 heterocycles. The molecule has 1 aliphatic heterocycles. The molecule has 1 N–H and O–H groups in total. The van der Waals surface area contributed by atoms with Gasteiger partial charge in [0.1, 0.15) is 12.0 Å². The summed E-state index contributed by atoms with van der Waals surface area (Å²) in [5.74, 6) is 0.704. The number of fused-ring (bicyclic) bond motifs is 1. The zero-order valence-electron chi connectivity index (χ0n) is 6.64. The second kappa shape index (κ2) is 2.92. The summed E-state index contributed by atoms with van der Waals surface area (Å²) in [6, 6.07) is 0. The average Bonchev–Trinajstić information content (AvgIpc) is 2.46. The Labute approximate surface area is 69.7 Å². The normalized spacial score (nSPS) is 20.5. The first-order chi connectivity index (χ1) is 5.92. The van der Waals surface area contributed by atoms with Crippen molar-refractivity contribution in [1.29, 1.82) is 0 Å². The van der Waals surface area contributed by atoms with Gasteiger partial charge in [-0.15, -0.1) is 10.2 Å². The summed E-state index contributed by atoms with van der Waals surface area (Å²) in [7, 11) is 0. The third-order valence-corrected chi connectivity index (χ3v) is 2.06. The third kappa shape index (κ3) is 1.07. The zero-order valence-corrected chi connectivity index (χ0v) is 6.64. The van der Waals surface area contributed by atoms with Crippen LogP contribution in [0.5, 0.6) is 0 Å². The fourth-order valence-electron chi connectivity index (χ4n) is 1.42. The van der Waals surface area contributed by atoms with E-state index in [1.165, 1.54) is 0 Å². The van der Waals surface area contributed by atoms with Gasteiger partial charge in [-0.1, -0.05) is 5.16 Å². The minimum Gasteiger partial charge on any atom is -0.411 e. The van der Waals surface area contributed by atoms with Crippen molar-refractivity contribution >= 4 is 5.71 Å². The number of nitrogens with zero attached hydrogens (tertiary/aromatic N) is 4. The van der Waals surface area contributed by atoms with E-state index in [4.69, 9.17) is 5.21 Å². The summed E-state index contributed by atoms with van der Waals surface area (Å²) in [6.45, 7) is 0.918. The average molecular weight is 166 g/mol. The van der Waals surface area contributed by atoms with Crippen molar-refractivity contribution in [2.45, 2.75) is 25.8 Å². The number of rotatable bonds is 0. The number of oxime groups is 1. The van der Waals surface area contributed by atoms with E-state index < -0.39 is 0 Å². The molecule has 0 atom stereocenters. The molecule has 0 aliphatic carbocycles. The summed E-state index contributed by atoms with van der Waals surface area (Å²) in [5.41, 5.74) is 0.644. The van der Waals surface area contributed by atoms with Gasteiger partial charge in [0.05, 0.1) is 0 Å². The molecule has 12 heavy (non-hydrogen) atoms. The van der Waals surface area contributed by atoms with Crippen LogP contribution in [0, 0.1) is 0 Å². The molecule has 0 saturated heterocycles. The smallest absolute Gasteiger partial charge is 0.181 e. The Kier molecular flexibility index (Phi) is 1.77. The quantitative estimate of drug-likeness (QED) is 0.454. The van der Waals surface area contributed by atoms with Crippen molar-refractivity contribution in [3.8, 4) is 0 Å². The molecule has 1 aromatic heterocycles. The van der Waals surface area contributed by atoms with Gasteiger partial charge in [-0.05, 0) is 19.3 Å². The van der Waals surface area contributed by atoms with Crippen LogP contribution in [0.1, 0.15) is 25.1 Å². The molecule has 5 heteroatoms. The fourth-order valence-corrected chi connectivity index (χ4v) is 1.42. The first-order valence-electron chi connectivity index (χ1n) is 4.01. The van der Waals surface area contributed by atoms with Crippen molar-refractivity contribution < 1.29 is 5.21 Å². The van der Waals surface area contributed by atoms with Crippen LogP contribution >= 0.6 is 0 Å². The largest absolute Gasteiger partial charge is 0.411 e. The number of hydrogen-bond acceptors (Lipinski definition) is 4. The van der Waals surface area contributed by atoms with E-state index in [9.17, 15) is 0 Å². The molecule has 0 saturated carbocycles. The first-order valence-corrected chi connectivity index (χ1v) is 4.01. The highest BCUT2D eigenvalue weighted by molar-refractivity contribution is 5.97. The van der Waals surface area contributed by atoms with E-state index in [-0.39, 0.29) is 0 Å². The van der Waals surface area contributed by atoms with Gasteiger partial charge >= 0.3 is 0 Å². The van der Waals surface area contributed by atoms with Gasteiger partial charge in [0.25, 0.3) is 0 Å². The Hall–Kier alpha value is -1.39. The maximum Gasteiger partial charge on any atom is 0.181 e. The summed E-state index contributed by atoms with van der Waals surface area (Å²) in [6.07, 6.45) is 4.59. The highest BCUT2D eigenvalue weighted by Gasteiger charge is 2.15. The minimum absolute atomic E-state index is 0.644. The number of aryl methyl sites for hydroxylation is 1. The van der Waals surface area contributed by atoms with Gasteiger partial charge in [-0.2, -0.15) is 0 Å². The van der Waals surface area contributed by atoms with Crippen molar-refractivity contribution in [3.05, 3.63) is 12.2 Å². The second-order valence-corrected chi connectivity index (χ2v) is 2.85. The van der Waals surface area contributed by atoms with Gasteiger partial charge < -0.3 is 9.77 Å². The fraction of sp³-hybridized carbons (Fsp3) is 0.571. The standard InChI is InChI=1S/C7H10N4O/c12-10-6-3-1-2-4-11-5-8-9-7(6)11/h5,12H,1-4H2/b10-6-. The molecule has 64 valence electrons.